The maximum Gasteiger partial charge on any atom is 0.337 e. The van der Waals surface area contributed by atoms with Crippen molar-refractivity contribution in [2.75, 3.05) is 14.2 Å². The van der Waals surface area contributed by atoms with Crippen molar-refractivity contribution in [2.24, 2.45) is 0 Å². The van der Waals surface area contributed by atoms with Gasteiger partial charge in [0.05, 0.1) is 25.5 Å². The van der Waals surface area contributed by atoms with Gasteiger partial charge in [-0.3, -0.25) is 9.20 Å². The van der Waals surface area contributed by atoms with Crippen LogP contribution in [-0.2, 0) is 6.42 Å². The minimum atomic E-state index is -1.08. The molecule has 0 fully saturated rings. The molecule has 0 amide bonds. The van der Waals surface area contributed by atoms with Crippen LogP contribution in [0, 0.1) is 0 Å². The second kappa shape index (κ2) is 6.84. The normalized spacial score (nSPS) is 14.3. The monoisotopic (exact) mass is 378 g/mol. The van der Waals surface area contributed by atoms with Gasteiger partial charge in [-0.2, -0.15) is 0 Å². The lowest BCUT2D eigenvalue weighted by molar-refractivity contribution is 0.0696. The Bertz CT molecular complexity index is 1190. The Morgan fingerprint density at radius 3 is 2.64 bits per heavy atom. The van der Waals surface area contributed by atoms with Gasteiger partial charge in [-0.05, 0) is 54.3 Å². The maximum atomic E-state index is 12.8. The summed E-state index contributed by atoms with van der Waals surface area (Å²) < 4.78 is 11.9. The summed E-state index contributed by atoms with van der Waals surface area (Å²) in [6.07, 6.45) is 4.57. The largest absolute Gasteiger partial charge is 0.493 e. The van der Waals surface area contributed by atoms with Gasteiger partial charge in [-0.1, -0.05) is 6.07 Å². The number of methoxy groups -OCH3 is 2. The number of rotatable bonds is 4. The first-order valence-electron chi connectivity index (χ1n) is 8.73. The van der Waals surface area contributed by atoms with Crippen molar-refractivity contribution >= 4 is 23.3 Å². The third-order valence-corrected chi connectivity index (χ3v) is 4.86. The standard InChI is InChI=1S/C21H18N2O5/c1-27-16-7-3-12(10-17(16)28-2)9-13-4-6-15-19(13)22-18-8-5-14(21(25)26)11-23(18)20(15)24/h3,5,7-11H,4,6H2,1-2H3,(H,25,26). The zero-order chi connectivity index (χ0) is 19.8. The van der Waals surface area contributed by atoms with Crippen LogP contribution in [0.25, 0.3) is 17.3 Å². The molecule has 2 aromatic heterocycles. The fourth-order valence-corrected chi connectivity index (χ4v) is 3.46. The zero-order valence-corrected chi connectivity index (χ0v) is 15.4. The predicted molar refractivity (Wildman–Crippen MR) is 104 cm³/mol. The van der Waals surface area contributed by atoms with Crippen molar-refractivity contribution < 1.29 is 19.4 Å². The lowest BCUT2D eigenvalue weighted by Gasteiger charge is -2.09. The van der Waals surface area contributed by atoms with Gasteiger partial charge in [-0.25, -0.2) is 9.78 Å². The van der Waals surface area contributed by atoms with Gasteiger partial charge in [-0.15, -0.1) is 0 Å². The molecule has 0 radical (unpaired) electrons. The Balaban J connectivity index is 1.82. The van der Waals surface area contributed by atoms with E-state index in [4.69, 9.17) is 14.6 Å². The highest BCUT2D eigenvalue weighted by molar-refractivity contribution is 5.88. The number of hydrogen-bond acceptors (Lipinski definition) is 5. The molecule has 7 heteroatoms. The molecule has 2 heterocycles. The lowest BCUT2D eigenvalue weighted by atomic mass is 10.1. The average molecular weight is 378 g/mol. The number of fused-ring (bicyclic) bond motifs is 2. The van der Waals surface area contributed by atoms with Crippen molar-refractivity contribution in [3.05, 3.63) is 69.3 Å². The molecule has 3 aromatic rings. The Morgan fingerprint density at radius 1 is 1.14 bits per heavy atom. The highest BCUT2D eigenvalue weighted by atomic mass is 16.5. The summed E-state index contributed by atoms with van der Waals surface area (Å²) in [5.74, 6) is 0.194. The highest BCUT2D eigenvalue weighted by Crippen LogP contribution is 2.33. The number of aromatic nitrogens is 2. The number of carboxylic acid groups (broad SMARTS) is 1. The zero-order valence-electron chi connectivity index (χ0n) is 15.4. The topological polar surface area (TPSA) is 90.1 Å². The van der Waals surface area contributed by atoms with Gasteiger partial charge in [0.2, 0.25) is 0 Å². The number of pyridine rings is 1. The van der Waals surface area contributed by atoms with Crippen LogP contribution in [0.4, 0.5) is 0 Å². The molecule has 1 N–H and O–H groups in total. The number of carbonyl (C=O) groups is 1. The second-order valence-corrected chi connectivity index (χ2v) is 6.48. The maximum absolute atomic E-state index is 12.8. The summed E-state index contributed by atoms with van der Waals surface area (Å²) in [6.45, 7) is 0. The van der Waals surface area contributed by atoms with Crippen molar-refractivity contribution in [1.82, 2.24) is 9.38 Å². The van der Waals surface area contributed by atoms with Crippen LogP contribution in [0.5, 0.6) is 11.5 Å². The second-order valence-electron chi connectivity index (χ2n) is 6.48. The van der Waals surface area contributed by atoms with Crippen molar-refractivity contribution in [3.63, 3.8) is 0 Å². The van der Waals surface area contributed by atoms with E-state index >= 15 is 0 Å². The first kappa shape index (κ1) is 17.8. The van der Waals surface area contributed by atoms with Crippen molar-refractivity contribution in [1.29, 1.82) is 0 Å². The van der Waals surface area contributed by atoms with Crippen LogP contribution in [0.15, 0.2) is 41.3 Å². The van der Waals surface area contributed by atoms with Crippen LogP contribution in [-0.4, -0.2) is 34.7 Å². The molecule has 0 saturated carbocycles. The van der Waals surface area contributed by atoms with E-state index < -0.39 is 5.97 Å². The SMILES string of the molecule is COc1ccc(C=C2CCc3c2nc2ccc(C(=O)O)cn2c3=O)cc1OC. The molecule has 0 atom stereocenters. The van der Waals surface area contributed by atoms with E-state index in [-0.39, 0.29) is 11.1 Å². The molecular weight excluding hydrogens is 360 g/mol. The fraction of sp³-hybridized carbons (Fsp3) is 0.190. The average Bonchev–Trinajstić information content (AvgIpc) is 3.10. The smallest absolute Gasteiger partial charge is 0.337 e. The predicted octanol–water partition coefficient (Wildman–Crippen LogP) is 2.90. The first-order chi connectivity index (χ1) is 13.5. The molecule has 0 spiro atoms. The Labute approximate surface area is 160 Å². The third kappa shape index (κ3) is 2.90. The minimum absolute atomic E-state index is 0.0513. The number of carboxylic acids is 1. The number of allylic oxidation sites excluding steroid dienone is 1. The molecular formula is C21H18N2O5. The van der Waals surface area contributed by atoms with Gasteiger partial charge in [0.1, 0.15) is 5.65 Å². The minimum Gasteiger partial charge on any atom is -0.493 e. The summed E-state index contributed by atoms with van der Waals surface area (Å²) in [5.41, 5.74) is 3.41. The lowest BCUT2D eigenvalue weighted by Crippen LogP contribution is -2.20. The number of ether oxygens (including phenoxy) is 2. The molecule has 4 rings (SSSR count). The van der Waals surface area contributed by atoms with E-state index in [9.17, 15) is 9.59 Å². The van der Waals surface area contributed by atoms with E-state index in [2.05, 4.69) is 4.98 Å². The van der Waals surface area contributed by atoms with Crippen LogP contribution < -0.4 is 15.0 Å². The Kier molecular flexibility index (Phi) is 4.35. The summed E-state index contributed by atoms with van der Waals surface area (Å²) >= 11 is 0. The van der Waals surface area contributed by atoms with Crippen LogP contribution in [0.1, 0.15) is 33.6 Å². The highest BCUT2D eigenvalue weighted by Gasteiger charge is 2.23. The van der Waals surface area contributed by atoms with Gasteiger partial charge in [0.15, 0.2) is 11.5 Å². The quantitative estimate of drug-likeness (QED) is 0.751. The number of nitrogens with zero attached hydrogens (tertiary/aromatic N) is 2. The Hall–Kier alpha value is -3.61. The third-order valence-electron chi connectivity index (χ3n) is 4.86. The molecule has 0 bridgehead atoms. The van der Waals surface area contributed by atoms with Gasteiger partial charge in [0, 0.05) is 11.8 Å². The van der Waals surface area contributed by atoms with Crippen LogP contribution in [0.2, 0.25) is 0 Å². The number of hydrogen-bond donors (Lipinski definition) is 1. The van der Waals surface area contributed by atoms with Gasteiger partial charge >= 0.3 is 5.97 Å². The van der Waals surface area contributed by atoms with E-state index in [0.29, 0.717) is 41.2 Å². The summed E-state index contributed by atoms with van der Waals surface area (Å²) in [7, 11) is 3.17. The van der Waals surface area contributed by atoms with E-state index in [0.717, 1.165) is 11.1 Å². The summed E-state index contributed by atoms with van der Waals surface area (Å²) in [4.78, 5) is 28.6. The molecule has 142 valence electrons. The van der Waals surface area contributed by atoms with Crippen LogP contribution in [0.3, 0.4) is 0 Å². The Morgan fingerprint density at radius 2 is 1.93 bits per heavy atom. The molecule has 0 unspecified atom stereocenters. The molecule has 28 heavy (non-hydrogen) atoms. The van der Waals surface area contributed by atoms with E-state index in [1.54, 1.807) is 20.3 Å². The fourth-order valence-electron chi connectivity index (χ4n) is 3.46. The van der Waals surface area contributed by atoms with Crippen molar-refractivity contribution in [2.45, 2.75) is 12.8 Å². The van der Waals surface area contributed by atoms with Gasteiger partial charge in [0.25, 0.3) is 5.56 Å². The molecule has 1 aromatic carbocycles. The van der Waals surface area contributed by atoms with Crippen molar-refractivity contribution in [3.8, 4) is 11.5 Å². The van der Waals surface area contributed by atoms with E-state index in [1.165, 1.54) is 16.7 Å². The van der Waals surface area contributed by atoms with Gasteiger partial charge < -0.3 is 14.6 Å². The summed E-state index contributed by atoms with van der Waals surface area (Å²) in [6, 6.07) is 8.62. The molecule has 7 nitrogen and oxygen atoms in total. The first-order valence-corrected chi connectivity index (χ1v) is 8.73. The molecule has 1 aliphatic carbocycles. The van der Waals surface area contributed by atoms with Crippen LogP contribution >= 0.6 is 0 Å². The number of benzene rings is 1. The summed E-state index contributed by atoms with van der Waals surface area (Å²) in [5, 5.41) is 9.15. The van der Waals surface area contributed by atoms with E-state index in [1.807, 2.05) is 24.3 Å². The number of aromatic carboxylic acids is 1. The molecule has 0 aliphatic heterocycles. The molecule has 0 saturated heterocycles. The molecule has 1 aliphatic rings.